The molecule has 0 saturated heterocycles. The van der Waals surface area contributed by atoms with Crippen molar-refractivity contribution in [2.45, 2.75) is 13.2 Å². The Labute approximate surface area is 56.5 Å². The van der Waals surface area contributed by atoms with E-state index in [0.717, 1.165) is 6.32 Å². The number of hydrogen-bond donors (Lipinski definition) is 0. The van der Waals surface area contributed by atoms with Gasteiger partial charge in [-0.3, -0.25) is 4.98 Å². The molecule has 0 aliphatic heterocycles. The number of aromatic nitrogens is 1. The summed E-state index contributed by atoms with van der Waals surface area (Å²) in [4.78, 5) is 4.16. The summed E-state index contributed by atoms with van der Waals surface area (Å²) in [6, 6.07) is 4.12. The smallest absolute Gasteiger partial charge is 0.109 e. The number of aryl methyl sites for hydroxylation is 1. The Morgan fingerprint density at radius 2 is 2.44 bits per heavy atom. The van der Waals surface area contributed by atoms with Crippen molar-refractivity contribution in [2.75, 3.05) is 0 Å². The predicted octanol–water partition coefficient (Wildman–Crippen LogP) is 0.523. The van der Waals surface area contributed by atoms with Crippen molar-refractivity contribution in [3.8, 4) is 0 Å². The second-order valence-corrected chi connectivity index (χ2v) is 2.18. The lowest BCUT2D eigenvalue weighted by Crippen LogP contribution is -1.88. The first kappa shape index (κ1) is 6.34. The summed E-state index contributed by atoms with van der Waals surface area (Å²) in [7, 11) is 2.11. The summed E-state index contributed by atoms with van der Waals surface area (Å²) in [5.74, 6) is 0. The molecule has 0 N–H and O–H groups in total. The van der Waals surface area contributed by atoms with E-state index in [-0.39, 0.29) is 0 Å². The molecule has 9 heavy (non-hydrogen) atoms. The Morgan fingerprint density at radius 3 is 2.89 bits per heavy atom. The van der Waals surface area contributed by atoms with Gasteiger partial charge in [-0.1, -0.05) is 0 Å². The SMILES string of the molecule is BCc1cc(C)ccn1. The Morgan fingerprint density at radius 1 is 1.67 bits per heavy atom. The van der Waals surface area contributed by atoms with E-state index in [1.54, 1.807) is 0 Å². The van der Waals surface area contributed by atoms with Gasteiger partial charge in [-0.05, 0) is 30.9 Å². The van der Waals surface area contributed by atoms with Crippen LogP contribution in [0.3, 0.4) is 0 Å². The monoisotopic (exact) mass is 119 g/mol. The molecule has 46 valence electrons. The van der Waals surface area contributed by atoms with E-state index in [0.29, 0.717) is 0 Å². The molecule has 1 aromatic rings. The zero-order valence-corrected chi connectivity index (χ0v) is 5.89. The fourth-order valence-corrected chi connectivity index (χ4v) is 0.792. The first-order valence-corrected chi connectivity index (χ1v) is 3.24. The maximum Gasteiger partial charge on any atom is 0.109 e. The fourth-order valence-electron chi connectivity index (χ4n) is 0.792. The van der Waals surface area contributed by atoms with Gasteiger partial charge in [0.05, 0.1) is 0 Å². The topological polar surface area (TPSA) is 12.9 Å². The molecule has 0 saturated carbocycles. The number of hydrogen-bond acceptors (Lipinski definition) is 1. The van der Waals surface area contributed by atoms with Crippen molar-refractivity contribution in [3.63, 3.8) is 0 Å². The maximum atomic E-state index is 4.16. The normalized spacial score (nSPS) is 9.44. The van der Waals surface area contributed by atoms with Crippen LogP contribution in [0.5, 0.6) is 0 Å². The highest BCUT2D eigenvalue weighted by atomic mass is 14.6. The van der Waals surface area contributed by atoms with Crippen molar-refractivity contribution in [1.82, 2.24) is 4.98 Å². The zero-order chi connectivity index (χ0) is 6.69. The standard InChI is InChI=1S/C7H10BN/c1-6-2-3-9-7(4-6)5-8/h2-4H,5,8H2,1H3. The third-order valence-corrected chi connectivity index (χ3v) is 1.33. The van der Waals surface area contributed by atoms with E-state index in [4.69, 9.17) is 0 Å². The van der Waals surface area contributed by atoms with Crippen molar-refractivity contribution in [3.05, 3.63) is 29.6 Å². The van der Waals surface area contributed by atoms with E-state index in [2.05, 4.69) is 25.8 Å². The highest BCUT2D eigenvalue weighted by Crippen LogP contribution is 1.97. The zero-order valence-electron chi connectivity index (χ0n) is 5.89. The molecular weight excluding hydrogens is 109 g/mol. The van der Waals surface area contributed by atoms with Crippen LogP contribution in [0.15, 0.2) is 18.3 Å². The van der Waals surface area contributed by atoms with Crippen LogP contribution in [0.25, 0.3) is 0 Å². The van der Waals surface area contributed by atoms with Crippen LogP contribution in [-0.2, 0) is 6.32 Å². The quantitative estimate of drug-likeness (QED) is 0.491. The molecule has 1 aromatic heterocycles. The van der Waals surface area contributed by atoms with E-state index < -0.39 is 0 Å². The van der Waals surface area contributed by atoms with Gasteiger partial charge in [-0.25, -0.2) is 0 Å². The molecule has 2 heteroatoms. The summed E-state index contributed by atoms with van der Waals surface area (Å²) >= 11 is 0. The highest BCUT2D eigenvalue weighted by Gasteiger charge is 1.87. The van der Waals surface area contributed by atoms with E-state index in [1.165, 1.54) is 11.3 Å². The van der Waals surface area contributed by atoms with Gasteiger partial charge >= 0.3 is 0 Å². The lowest BCUT2D eigenvalue weighted by Gasteiger charge is -1.94. The van der Waals surface area contributed by atoms with Crippen LogP contribution in [0.1, 0.15) is 11.3 Å². The van der Waals surface area contributed by atoms with Crippen LogP contribution >= 0.6 is 0 Å². The molecule has 0 amide bonds. The second-order valence-electron chi connectivity index (χ2n) is 2.18. The molecular formula is C7H10BN. The summed E-state index contributed by atoms with van der Waals surface area (Å²) in [5, 5.41) is 0. The molecule has 1 heterocycles. The van der Waals surface area contributed by atoms with Crippen molar-refractivity contribution in [2.24, 2.45) is 0 Å². The third-order valence-electron chi connectivity index (χ3n) is 1.33. The van der Waals surface area contributed by atoms with Gasteiger partial charge in [-0.15, -0.1) is 0 Å². The lowest BCUT2D eigenvalue weighted by atomic mass is 10.0. The van der Waals surface area contributed by atoms with Gasteiger partial charge < -0.3 is 0 Å². The molecule has 0 aliphatic carbocycles. The highest BCUT2D eigenvalue weighted by molar-refractivity contribution is 6.08. The van der Waals surface area contributed by atoms with Crippen LogP contribution in [0.2, 0.25) is 0 Å². The summed E-state index contributed by atoms with van der Waals surface area (Å²) in [5.41, 5.74) is 2.47. The molecule has 0 atom stereocenters. The summed E-state index contributed by atoms with van der Waals surface area (Å²) < 4.78 is 0. The van der Waals surface area contributed by atoms with Gasteiger partial charge in [0, 0.05) is 11.9 Å². The summed E-state index contributed by atoms with van der Waals surface area (Å²) in [6.45, 7) is 2.08. The molecule has 1 rings (SSSR count). The first-order valence-electron chi connectivity index (χ1n) is 3.24. The largest absolute Gasteiger partial charge is 0.262 e. The first-order chi connectivity index (χ1) is 4.33. The molecule has 0 spiro atoms. The van der Waals surface area contributed by atoms with E-state index >= 15 is 0 Å². The van der Waals surface area contributed by atoms with Gasteiger partial charge in [0.25, 0.3) is 0 Å². The molecule has 1 nitrogen and oxygen atoms in total. The van der Waals surface area contributed by atoms with Crippen LogP contribution in [-0.4, -0.2) is 12.8 Å². The Bertz CT molecular complexity index is 198. The fraction of sp³-hybridized carbons (Fsp3) is 0.286. The lowest BCUT2D eigenvalue weighted by molar-refractivity contribution is 1.15. The molecule has 0 unspecified atom stereocenters. The Hall–Kier alpha value is -0.785. The maximum absolute atomic E-state index is 4.16. The number of rotatable bonds is 1. The molecule has 0 aliphatic rings. The molecule has 0 radical (unpaired) electrons. The number of nitrogens with zero attached hydrogens (tertiary/aromatic N) is 1. The van der Waals surface area contributed by atoms with Gasteiger partial charge in [0.1, 0.15) is 7.85 Å². The van der Waals surface area contributed by atoms with Crippen LogP contribution in [0.4, 0.5) is 0 Å². The van der Waals surface area contributed by atoms with Crippen LogP contribution in [0, 0.1) is 6.92 Å². The second kappa shape index (κ2) is 2.67. The van der Waals surface area contributed by atoms with E-state index in [1.807, 2.05) is 12.3 Å². The summed E-state index contributed by atoms with van der Waals surface area (Å²) in [6.07, 6.45) is 2.88. The average Bonchev–Trinajstić information content (AvgIpc) is 1.88. The van der Waals surface area contributed by atoms with Gasteiger partial charge in [0.15, 0.2) is 0 Å². The molecule has 0 bridgehead atoms. The van der Waals surface area contributed by atoms with Gasteiger partial charge in [-0.2, -0.15) is 0 Å². The molecule has 0 aromatic carbocycles. The van der Waals surface area contributed by atoms with Crippen molar-refractivity contribution in [1.29, 1.82) is 0 Å². The van der Waals surface area contributed by atoms with E-state index in [9.17, 15) is 0 Å². The third kappa shape index (κ3) is 1.56. The minimum atomic E-state index is 1.03. The minimum absolute atomic E-state index is 1.03. The Kier molecular flexibility index (Phi) is 1.88. The minimum Gasteiger partial charge on any atom is -0.262 e. The van der Waals surface area contributed by atoms with Crippen molar-refractivity contribution >= 4 is 7.85 Å². The van der Waals surface area contributed by atoms with Crippen molar-refractivity contribution < 1.29 is 0 Å². The average molecular weight is 119 g/mol. The number of pyridine rings is 1. The van der Waals surface area contributed by atoms with Gasteiger partial charge in [0.2, 0.25) is 0 Å². The molecule has 0 fully saturated rings. The Balaban J connectivity index is 2.94. The predicted molar refractivity (Wildman–Crippen MR) is 41.2 cm³/mol. The van der Waals surface area contributed by atoms with Crippen LogP contribution < -0.4 is 0 Å².